The zero-order valence-corrected chi connectivity index (χ0v) is 14.2. The molecule has 0 aliphatic heterocycles. The van der Waals surface area contributed by atoms with E-state index in [9.17, 15) is 4.79 Å². The van der Waals surface area contributed by atoms with Gasteiger partial charge in [0.25, 0.3) is 0 Å². The molecule has 0 atom stereocenters. The van der Waals surface area contributed by atoms with Crippen LogP contribution in [0.5, 0.6) is 5.75 Å². The molecule has 0 aliphatic rings. The number of unbranched alkanes of at least 4 members (excludes halogenated alkanes) is 1. The number of nitrogens with zero attached hydrogens (tertiary/aromatic N) is 1. The van der Waals surface area contributed by atoms with E-state index in [2.05, 4.69) is 16.9 Å². The van der Waals surface area contributed by atoms with E-state index in [1.54, 1.807) is 20.8 Å². The second kappa shape index (κ2) is 9.66. The van der Waals surface area contributed by atoms with Crippen molar-refractivity contribution in [1.29, 1.82) is 0 Å². The van der Waals surface area contributed by atoms with Crippen molar-refractivity contribution < 1.29 is 14.3 Å². The molecule has 126 valence electrons. The van der Waals surface area contributed by atoms with Gasteiger partial charge in [0.2, 0.25) is 0 Å². The van der Waals surface area contributed by atoms with Crippen molar-refractivity contribution in [3.8, 4) is 5.75 Å². The third-order valence-corrected chi connectivity index (χ3v) is 2.73. The summed E-state index contributed by atoms with van der Waals surface area (Å²) in [6.07, 6.45) is 4.49. The molecule has 0 saturated heterocycles. The Bertz CT molecular complexity index is 533. The summed E-state index contributed by atoms with van der Waals surface area (Å²) in [4.78, 5) is 15.1. The van der Waals surface area contributed by atoms with Gasteiger partial charge in [-0.05, 0) is 39.7 Å². The van der Waals surface area contributed by atoms with Crippen molar-refractivity contribution in [2.24, 2.45) is 4.99 Å². The van der Waals surface area contributed by atoms with Gasteiger partial charge in [0.1, 0.15) is 11.4 Å². The summed E-state index contributed by atoms with van der Waals surface area (Å²) in [5, 5.41) is 2.97. The molecule has 0 aromatic heterocycles. The lowest BCUT2D eigenvalue weighted by Gasteiger charge is -2.17. The van der Waals surface area contributed by atoms with E-state index in [0.29, 0.717) is 13.2 Å². The molecule has 23 heavy (non-hydrogen) atoms. The number of aliphatic imine (C=N–C) groups is 1. The average molecular weight is 318 g/mol. The van der Waals surface area contributed by atoms with Crippen molar-refractivity contribution in [1.82, 2.24) is 5.32 Å². The first-order chi connectivity index (χ1) is 10.9. The summed E-state index contributed by atoms with van der Waals surface area (Å²) >= 11 is 0. The maximum atomic E-state index is 11.4. The highest BCUT2D eigenvalue weighted by molar-refractivity contribution is 5.78. The Hall–Kier alpha value is -2.30. The predicted octanol–water partition coefficient (Wildman–Crippen LogP) is 4.08. The smallest absolute Gasteiger partial charge is 0.435 e. The fraction of sp³-hybridized carbons (Fsp3) is 0.444. The average Bonchev–Trinajstić information content (AvgIpc) is 2.47. The van der Waals surface area contributed by atoms with Crippen LogP contribution in [0.1, 0.15) is 39.2 Å². The summed E-state index contributed by atoms with van der Waals surface area (Å²) in [6, 6.07) is 7.77. The lowest BCUT2D eigenvalue weighted by molar-refractivity contribution is 0.0604. The van der Waals surface area contributed by atoms with Crippen LogP contribution in [0.3, 0.4) is 0 Å². The molecule has 0 bridgehead atoms. The third-order valence-electron chi connectivity index (χ3n) is 2.73. The fourth-order valence-corrected chi connectivity index (χ4v) is 1.74. The molecule has 1 aromatic carbocycles. The van der Waals surface area contributed by atoms with Gasteiger partial charge < -0.3 is 14.8 Å². The largest absolute Gasteiger partial charge is 0.493 e. The SMILES string of the molecule is C=CCCCOc1ccccc1CNC=NC(=O)OC(C)(C)C. The summed E-state index contributed by atoms with van der Waals surface area (Å²) in [7, 11) is 0. The van der Waals surface area contributed by atoms with Crippen molar-refractivity contribution in [3.63, 3.8) is 0 Å². The van der Waals surface area contributed by atoms with Gasteiger partial charge in [-0.3, -0.25) is 0 Å². The number of amides is 1. The lowest BCUT2D eigenvalue weighted by Crippen LogP contribution is -2.22. The van der Waals surface area contributed by atoms with Gasteiger partial charge in [0, 0.05) is 12.1 Å². The Morgan fingerprint density at radius 2 is 2.09 bits per heavy atom. The molecule has 5 heteroatoms. The van der Waals surface area contributed by atoms with Crippen LogP contribution in [0.2, 0.25) is 0 Å². The van der Waals surface area contributed by atoms with Gasteiger partial charge in [-0.1, -0.05) is 24.3 Å². The molecule has 0 saturated carbocycles. The molecule has 0 unspecified atom stereocenters. The molecule has 0 radical (unpaired) electrons. The third kappa shape index (κ3) is 8.66. The minimum atomic E-state index is -0.612. The topological polar surface area (TPSA) is 59.9 Å². The van der Waals surface area contributed by atoms with E-state index in [1.807, 2.05) is 30.3 Å². The number of hydrogen-bond acceptors (Lipinski definition) is 3. The molecule has 0 heterocycles. The van der Waals surface area contributed by atoms with E-state index >= 15 is 0 Å². The lowest BCUT2D eigenvalue weighted by atomic mass is 10.2. The Morgan fingerprint density at radius 3 is 2.78 bits per heavy atom. The van der Waals surface area contributed by atoms with Crippen LogP contribution in [0.25, 0.3) is 0 Å². The highest BCUT2D eigenvalue weighted by Gasteiger charge is 2.14. The number of rotatable bonds is 8. The molecular weight excluding hydrogens is 292 g/mol. The second-order valence-electron chi connectivity index (χ2n) is 6.01. The summed E-state index contributed by atoms with van der Waals surface area (Å²) in [5.41, 5.74) is 0.460. The first-order valence-corrected chi connectivity index (χ1v) is 7.73. The number of carbonyl (C=O) groups is 1. The number of allylic oxidation sites excluding steroid dienone is 1. The highest BCUT2D eigenvalue weighted by Crippen LogP contribution is 2.18. The minimum absolute atomic E-state index is 0.518. The van der Waals surface area contributed by atoms with Crippen LogP contribution in [0, 0.1) is 0 Å². The van der Waals surface area contributed by atoms with Gasteiger partial charge in [-0.25, -0.2) is 4.79 Å². The summed E-state index contributed by atoms with van der Waals surface area (Å²) in [6.45, 7) is 10.3. The highest BCUT2D eigenvalue weighted by atomic mass is 16.6. The van der Waals surface area contributed by atoms with Gasteiger partial charge in [-0.15, -0.1) is 6.58 Å². The van der Waals surface area contributed by atoms with Gasteiger partial charge in [0.05, 0.1) is 12.9 Å². The van der Waals surface area contributed by atoms with Gasteiger partial charge in [-0.2, -0.15) is 4.99 Å². The summed E-state index contributed by atoms with van der Waals surface area (Å²) < 4.78 is 10.8. The number of nitrogens with one attached hydrogen (secondary N) is 1. The van der Waals surface area contributed by atoms with E-state index in [-0.39, 0.29) is 0 Å². The first-order valence-electron chi connectivity index (χ1n) is 7.73. The van der Waals surface area contributed by atoms with Crippen LogP contribution in [0.15, 0.2) is 41.9 Å². The fourth-order valence-electron chi connectivity index (χ4n) is 1.74. The number of carbonyl (C=O) groups excluding carboxylic acids is 1. The maximum absolute atomic E-state index is 11.4. The van der Waals surface area contributed by atoms with E-state index < -0.39 is 11.7 Å². The van der Waals surface area contributed by atoms with E-state index in [4.69, 9.17) is 9.47 Å². The van der Waals surface area contributed by atoms with Crippen molar-refractivity contribution in [2.75, 3.05) is 6.61 Å². The van der Waals surface area contributed by atoms with Crippen LogP contribution in [-0.4, -0.2) is 24.6 Å². The molecule has 1 rings (SSSR count). The minimum Gasteiger partial charge on any atom is -0.493 e. The normalized spacial score (nSPS) is 11.3. The molecule has 1 N–H and O–H groups in total. The number of ether oxygens (including phenoxy) is 2. The van der Waals surface area contributed by atoms with Crippen molar-refractivity contribution >= 4 is 12.4 Å². The summed E-state index contributed by atoms with van der Waals surface area (Å²) in [5.74, 6) is 0.828. The van der Waals surface area contributed by atoms with Crippen molar-refractivity contribution in [3.05, 3.63) is 42.5 Å². The standard InChI is InChI=1S/C18H26N2O3/c1-5-6-9-12-22-16-11-8-7-10-15(16)13-19-14-20-17(21)23-18(2,3)4/h5,7-8,10-11,14H,1,6,9,12-13H2,2-4H3,(H,19,20,21). The Balaban J connectivity index is 2.45. The quantitative estimate of drug-likeness (QED) is 0.339. The molecule has 5 nitrogen and oxygen atoms in total. The predicted molar refractivity (Wildman–Crippen MR) is 92.9 cm³/mol. The Morgan fingerprint density at radius 1 is 1.35 bits per heavy atom. The van der Waals surface area contributed by atoms with Crippen LogP contribution >= 0.6 is 0 Å². The maximum Gasteiger partial charge on any atom is 0.435 e. The van der Waals surface area contributed by atoms with Gasteiger partial charge in [0.15, 0.2) is 0 Å². The molecule has 0 spiro atoms. The van der Waals surface area contributed by atoms with Crippen molar-refractivity contribution in [2.45, 2.75) is 45.8 Å². The Labute approximate surface area is 138 Å². The molecule has 0 aliphatic carbocycles. The number of benzene rings is 1. The van der Waals surface area contributed by atoms with Crippen LogP contribution in [0.4, 0.5) is 4.79 Å². The number of para-hydroxylation sites is 1. The zero-order chi connectivity index (χ0) is 17.1. The van der Waals surface area contributed by atoms with E-state index in [0.717, 1.165) is 24.2 Å². The van der Waals surface area contributed by atoms with Crippen LogP contribution < -0.4 is 10.1 Å². The first kappa shape index (κ1) is 18.7. The second-order valence-corrected chi connectivity index (χ2v) is 6.01. The zero-order valence-electron chi connectivity index (χ0n) is 14.2. The molecule has 1 amide bonds. The molecular formula is C18H26N2O3. The number of hydrogen-bond donors (Lipinski definition) is 1. The van der Waals surface area contributed by atoms with Gasteiger partial charge >= 0.3 is 6.09 Å². The molecule has 1 aromatic rings. The van der Waals surface area contributed by atoms with E-state index in [1.165, 1.54) is 6.34 Å². The molecule has 0 fully saturated rings. The monoisotopic (exact) mass is 318 g/mol. The van der Waals surface area contributed by atoms with Crippen LogP contribution in [-0.2, 0) is 11.3 Å². The Kier molecular flexibility index (Phi) is 7.88.